The quantitative estimate of drug-likeness (QED) is 0.794. The van der Waals surface area contributed by atoms with E-state index in [1.807, 2.05) is 16.5 Å². The number of hydrogen-bond donors (Lipinski definition) is 1. The molecule has 88 valence electrons. The molecule has 2 amide bonds. The molecule has 1 aliphatic rings. The monoisotopic (exact) mass is 223 g/mol. The van der Waals surface area contributed by atoms with Gasteiger partial charge in [-0.05, 0) is 12.8 Å². The van der Waals surface area contributed by atoms with Crippen molar-refractivity contribution in [3.05, 3.63) is 12.2 Å². The van der Waals surface area contributed by atoms with E-state index < -0.39 is 0 Å². The van der Waals surface area contributed by atoms with Crippen molar-refractivity contribution in [1.29, 1.82) is 0 Å². The molecule has 0 saturated carbocycles. The summed E-state index contributed by atoms with van der Waals surface area (Å²) in [5.74, 6) is 0.890. The van der Waals surface area contributed by atoms with E-state index in [4.69, 9.17) is 0 Å². The number of nitrogens with zero attached hydrogens (tertiary/aromatic N) is 4. The summed E-state index contributed by atoms with van der Waals surface area (Å²) in [5, 5.41) is 10.6. The Bertz CT molecular complexity index is 356. The van der Waals surface area contributed by atoms with E-state index in [-0.39, 0.29) is 6.03 Å². The van der Waals surface area contributed by atoms with Gasteiger partial charge in [0.25, 0.3) is 0 Å². The molecule has 16 heavy (non-hydrogen) atoms. The summed E-state index contributed by atoms with van der Waals surface area (Å²) in [4.78, 5) is 13.5. The lowest BCUT2D eigenvalue weighted by Crippen LogP contribution is -2.39. The molecule has 6 nitrogen and oxygen atoms in total. The van der Waals surface area contributed by atoms with Gasteiger partial charge in [-0.1, -0.05) is 0 Å². The second kappa shape index (κ2) is 4.96. The SMILES string of the molecule is Cn1cnnc1CCNC(=O)N1CCCC1. The van der Waals surface area contributed by atoms with Gasteiger partial charge in [0.2, 0.25) is 0 Å². The summed E-state index contributed by atoms with van der Waals surface area (Å²) >= 11 is 0. The predicted octanol–water partition coefficient (Wildman–Crippen LogP) is 0.163. The van der Waals surface area contributed by atoms with Crippen LogP contribution in [0.15, 0.2) is 6.33 Å². The minimum absolute atomic E-state index is 0.0414. The molecule has 2 heterocycles. The Hall–Kier alpha value is -1.59. The molecule has 0 aromatic carbocycles. The zero-order valence-corrected chi connectivity index (χ0v) is 9.52. The molecule has 1 saturated heterocycles. The molecule has 0 unspecified atom stereocenters. The summed E-state index contributed by atoms with van der Waals surface area (Å²) in [7, 11) is 1.90. The van der Waals surface area contributed by atoms with Gasteiger partial charge in [-0.3, -0.25) is 0 Å². The number of aryl methyl sites for hydroxylation is 1. The van der Waals surface area contributed by atoms with Gasteiger partial charge in [0.15, 0.2) is 0 Å². The van der Waals surface area contributed by atoms with Crippen LogP contribution in [0.1, 0.15) is 18.7 Å². The van der Waals surface area contributed by atoms with Crippen molar-refractivity contribution in [2.24, 2.45) is 7.05 Å². The minimum atomic E-state index is 0.0414. The van der Waals surface area contributed by atoms with Crippen molar-refractivity contribution < 1.29 is 4.79 Å². The van der Waals surface area contributed by atoms with Crippen molar-refractivity contribution in [3.63, 3.8) is 0 Å². The highest BCUT2D eigenvalue weighted by Crippen LogP contribution is 2.06. The van der Waals surface area contributed by atoms with Gasteiger partial charge in [0.1, 0.15) is 12.2 Å². The first-order valence-corrected chi connectivity index (χ1v) is 5.63. The molecular weight excluding hydrogens is 206 g/mol. The Morgan fingerprint density at radius 3 is 2.88 bits per heavy atom. The zero-order valence-electron chi connectivity index (χ0n) is 9.52. The average Bonchev–Trinajstić information content (AvgIpc) is 2.90. The Balaban J connectivity index is 1.71. The van der Waals surface area contributed by atoms with Gasteiger partial charge in [0, 0.05) is 33.1 Å². The van der Waals surface area contributed by atoms with Crippen LogP contribution < -0.4 is 5.32 Å². The Morgan fingerprint density at radius 1 is 1.50 bits per heavy atom. The van der Waals surface area contributed by atoms with Crippen molar-refractivity contribution in [2.45, 2.75) is 19.3 Å². The smallest absolute Gasteiger partial charge is 0.317 e. The lowest BCUT2D eigenvalue weighted by atomic mass is 10.4. The predicted molar refractivity (Wildman–Crippen MR) is 58.9 cm³/mol. The number of amides is 2. The van der Waals surface area contributed by atoms with Crippen LogP contribution in [0.5, 0.6) is 0 Å². The Labute approximate surface area is 94.6 Å². The van der Waals surface area contributed by atoms with E-state index in [0.717, 1.165) is 38.2 Å². The zero-order chi connectivity index (χ0) is 11.4. The maximum absolute atomic E-state index is 11.6. The van der Waals surface area contributed by atoms with E-state index in [9.17, 15) is 4.79 Å². The van der Waals surface area contributed by atoms with Crippen molar-refractivity contribution in [1.82, 2.24) is 25.0 Å². The second-order valence-electron chi connectivity index (χ2n) is 4.03. The van der Waals surface area contributed by atoms with Crippen molar-refractivity contribution in [3.8, 4) is 0 Å². The maximum Gasteiger partial charge on any atom is 0.317 e. The summed E-state index contributed by atoms with van der Waals surface area (Å²) in [6.07, 6.45) is 4.63. The lowest BCUT2D eigenvalue weighted by molar-refractivity contribution is 0.209. The Kier molecular flexibility index (Phi) is 3.38. The number of rotatable bonds is 3. The third-order valence-electron chi connectivity index (χ3n) is 2.82. The molecule has 1 fully saturated rings. The highest BCUT2D eigenvalue weighted by atomic mass is 16.2. The number of aromatic nitrogens is 3. The van der Waals surface area contributed by atoms with E-state index in [2.05, 4.69) is 15.5 Å². The largest absolute Gasteiger partial charge is 0.338 e. The molecule has 1 N–H and O–H groups in total. The molecule has 0 bridgehead atoms. The van der Waals surface area contributed by atoms with Crippen LogP contribution in [-0.2, 0) is 13.5 Å². The van der Waals surface area contributed by atoms with Gasteiger partial charge in [-0.15, -0.1) is 10.2 Å². The molecule has 0 aliphatic carbocycles. The van der Waals surface area contributed by atoms with Gasteiger partial charge in [0.05, 0.1) is 0 Å². The minimum Gasteiger partial charge on any atom is -0.338 e. The summed E-state index contributed by atoms with van der Waals surface area (Å²) < 4.78 is 1.86. The topological polar surface area (TPSA) is 63.1 Å². The summed E-state index contributed by atoms with van der Waals surface area (Å²) in [6, 6.07) is 0.0414. The van der Waals surface area contributed by atoms with Crippen molar-refractivity contribution in [2.75, 3.05) is 19.6 Å². The first kappa shape index (κ1) is 10.9. The standard InChI is InChI=1S/C10H17N5O/c1-14-8-12-13-9(14)4-5-11-10(16)15-6-2-3-7-15/h8H,2-7H2,1H3,(H,11,16). The number of urea groups is 1. The highest BCUT2D eigenvalue weighted by Gasteiger charge is 2.16. The fraction of sp³-hybridized carbons (Fsp3) is 0.700. The maximum atomic E-state index is 11.6. The third kappa shape index (κ3) is 2.50. The molecule has 0 spiro atoms. The van der Waals surface area contributed by atoms with Crippen LogP contribution in [0.2, 0.25) is 0 Å². The fourth-order valence-corrected chi connectivity index (χ4v) is 1.85. The molecule has 2 rings (SSSR count). The summed E-state index contributed by atoms with van der Waals surface area (Å²) in [5.41, 5.74) is 0. The normalized spacial score (nSPS) is 15.4. The van der Waals surface area contributed by atoms with Crippen LogP contribution in [0.4, 0.5) is 4.79 Å². The molecular formula is C10H17N5O. The van der Waals surface area contributed by atoms with Crippen LogP contribution >= 0.6 is 0 Å². The number of hydrogen-bond acceptors (Lipinski definition) is 3. The third-order valence-corrected chi connectivity index (χ3v) is 2.82. The van der Waals surface area contributed by atoms with E-state index in [0.29, 0.717) is 6.54 Å². The first-order chi connectivity index (χ1) is 7.77. The molecule has 1 aromatic heterocycles. The number of likely N-dealkylation sites (tertiary alicyclic amines) is 1. The molecule has 1 aromatic rings. The highest BCUT2D eigenvalue weighted by molar-refractivity contribution is 5.74. The van der Waals surface area contributed by atoms with Gasteiger partial charge in [-0.25, -0.2) is 4.79 Å². The van der Waals surface area contributed by atoms with Crippen molar-refractivity contribution >= 4 is 6.03 Å². The van der Waals surface area contributed by atoms with Crippen LogP contribution in [0, 0.1) is 0 Å². The Morgan fingerprint density at radius 2 is 2.25 bits per heavy atom. The molecule has 0 radical (unpaired) electrons. The van der Waals surface area contributed by atoms with Gasteiger partial charge < -0.3 is 14.8 Å². The number of carbonyl (C=O) groups is 1. The number of carbonyl (C=O) groups excluding carboxylic acids is 1. The van der Waals surface area contributed by atoms with Gasteiger partial charge >= 0.3 is 6.03 Å². The van der Waals surface area contributed by atoms with Crippen LogP contribution in [-0.4, -0.2) is 45.3 Å². The molecule has 1 aliphatic heterocycles. The van der Waals surface area contributed by atoms with E-state index >= 15 is 0 Å². The molecule has 0 atom stereocenters. The fourth-order valence-electron chi connectivity index (χ4n) is 1.85. The molecule has 6 heteroatoms. The second-order valence-corrected chi connectivity index (χ2v) is 4.03. The average molecular weight is 223 g/mol. The van der Waals surface area contributed by atoms with Gasteiger partial charge in [-0.2, -0.15) is 0 Å². The van der Waals surface area contributed by atoms with E-state index in [1.54, 1.807) is 6.33 Å². The van der Waals surface area contributed by atoms with Crippen LogP contribution in [0.3, 0.4) is 0 Å². The summed E-state index contributed by atoms with van der Waals surface area (Å²) in [6.45, 7) is 2.38. The number of nitrogens with one attached hydrogen (secondary N) is 1. The first-order valence-electron chi connectivity index (χ1n) is 5.63. The lowest BCUT2D eigenvalue weighted by Gasteiger charge is -2.15. The van der Waals surface area contributed by atoms with E-state index in [1.165, 1.54) is 0 Å². The van der Waals surface area contributed by atoms with Crippen LogP contribution in [0.25, 0.3) is 0 Å².